The molecule has 0 aromatic heterocycles. The van der Waals surface area contributed by atoms with Crippen LogP contribution in [0.25, 0.3) is 0 Å². The van der Waals surface area contributed by atoms with Gasteiger partial charge in [-0.05, 0) is 37.1 Å². The number of aliphatic hydroxyl groups excluding tert-OH is 1. The van der Waals surface area contributed by atoms with Gasteiger partial charge in [-0.2, -0.15) is 0 Å². The molecule has 7 heteroatoms. The van der Waals surface area contributed by atoms with Gasteiger partial charge in [0.2, 0.25) is 0 Å². The third kappa shape index (κ3) is 5.93. The van der Waals surface area contributed by atoms with Gasteiger partial charge in [-0.3, -0.25) is 14.4 Å². The summed E-state index contributed by atoms with van der Waals surface area (Å²) in [5.41, 5.74) is 2.54. The molecule has 2 aromatic carbocycles. The van der Waals surface area contributed by atoms with Crippen LogP contribution in [0, 0.1) is 6.92 Å². The van der Waals surface area contributed by atoms with Crippen LogP contribution >= 0.6 is 0 Å². The van der Waals surface area contributed by atoms with Crippen molar-refractivity contribution in [3.63, 3.8) is 0 Å². The summed E-state index contributed by atoms with van der Waals surface area (Å²) in [5.74, 6) is -2.15. The van der Waals surface area contributed by atoms with Crippen molar-refractivity contribution in [3.8, 4) is 0 Å². The topological polar surface area (TPSA) is 108 Å². The molecule has 0 unspecified atom stereocenters. The van der Waals surface area contributed by atoms with Crippen LogP contribution in [0.4, 0.5) is 5.69 Å². The van der Waals surface area contributed by atoms with Crippen LogP contribution in [0.3, 0.4) is 0 Å². The maximum Gasteiger partial charge on any atom is 0.313 e. The van der Waals surface area contributed by atoms with Gasteiger partial charge >= 0.3 is 11.8 Å². The van der Waals surface area contributed by atoms with Crippen LogP contribution in [-0.2, 0) is 16.1 Å². The van der Waals surface area contributed by atoms with Crippen LogP contribution in [0.2, 0.25) is 0 Å². The van der Waals surface area contributed by atoms with Crippen molar-refractivity contribution in [1.82, 2.24) is 10.6 Å². The average Bonchev–Trinajstić information content (AvgIpc) is 2.65. The molecule has 0 saturated carbocycles. The number of carbonyl (C=O) groups excluding carboxylic acids is 3. The Morgan fingerprint density at radius 2 is 1.63 bits per heavy atom. The molecule has 3 amide bonds. The second-order valence-corrected chi connectivity index (χ2v) is 6.17. The lowest BCUT2D eigenvalue weighted by molar-refractivity contribution is -0.136. The molecule has 0 fully saturated rings. The van der Waals surface area contributed by atoms with Gasteiger partial charge in [0.1, 0.15) is 0 Å². The lowest BCUT2D eigenvalue weighted by Crippen LogP contribution is -2.39. The molecule has 0 spiro atoms. The number of aliphatic hydroxyl groups is 1. The fourth-order valence-corrected chi connectivity index (χ4v) is 2.37. The second-order valence-electron chi connectivity index (χ2n) is 6.17. The molecule has 2 rings (SSSR count). The number of hydrogen-bond acceptors (Lipinski definition) is 4. The van der Waals surface area contributed by atoms with Crippen LogP contribution in [0.5, 0.6) is 0 Å². The average molecular weight is 369 g/mol. The summed E-state index contributed by atoms with van der Waals surface area (Å²) >= 11 is 0. The monoisotopic (exact) mass is 369 g/mol. The molecular weight excluding hydrogens is 346 g/mol. The van der Waals surface area contributed by atoms with Crippen molar-refractivity contribution >= 4 is 23.4 Å². The number of anilines is 1. The first kappa shape index (κ1) is 20.1. The Bertz CT molecular complexity index is 833. The van der Waals surface area contributed by atoms with E-state index in [9.17, 15) is 14.4 Å². The van der Waals surface area contributed by atoms with E-state index in [1.54, 1.807) is 24.3 Å². The highest BCUT2D eigenvalue weighted by Crippen LogP contribution is 2.15. The predicted octanol–water partition coefficient (Wildman–Crippen LogP) is 1.36. The fourth-order valence-electron chi connectivity index (χ4n) is 2.37. The molecule has 7 nitrogen and oxygen atoms in total. The van der Waals surface area contributed by atoms with E-state index in [1.807, 2.05) is 31.2 Å². The first-order valence-corrected chi connectivity index (χ1v) is 8.57. The van der Waals surface area contributed by atoms with Crippen molar-refractivity contribution in [1.29, 1.82) is 0 Å². The Balaban J connectivity index is 2.04. The van der Waals surface area contributed by atoms with E-state index in [-0.39, 0.29) is 23.7 Å². The van der Waals surface area contributed by atoms with Gasteiger partial charge in [0, 0.05) is 13.1 Å². The number of aryl methyl sites for hydroxylation is 1. The van der Waals surface area contributed by atoms with Gasteiger partial charge in [-0.1, -0.05) is 36.4 Å². The SMILES string of the molecule is Cc1ccccc1CNC(=O)c1ccccc1NC(=O)C(=O)NC[C@@H](C)O. The van der Waals surface area contributed by atoms with Crippen molar-refractivity contribution in [2.75, 3.05) is 11.9 Å². The summed E-state index contributed by atoms with van der Waals surface area (Å²) in [6.45, 7) is 3.77. The molecule has 1 atom stereocenters. The van der Waals surface area contributed by atoms with Crippen LogP contribution in [0.15, 0.2) is 48.5 Å². The lowest BCUT2D eigenvalue weighted by Gasteiger charge is -2.12. The van der Waals surface area contributed by atoms with Gasteiger partial charge in [0.05, 0.1) is 17.4 Å². The van der Waals surface area contributed by atoms with Gasteiger partial charge in [-0.15, -0.1) is 0 Å². The minimum absolute atomic E-state index is 0.0369. The van der Waals surface area contributed by atoms with Crippen molar-refractivity contribution < 1.29 is 19.5 Å². The number of hydrogen-bond donors (Lipinski definition) is 4. The minimum Gasteiger partial charge on any atom is -0.392 e. The highest BCUT2D eigenvalue weighted by molar-refractivity contribution is 6.40. The number of amides is 3. The maximum atomic E-state index is 12.5. The van der Waals surface area contributed by atoms with Crippen LogP contribution in [-0.4, -0.2) is 35.5 Å². The molecule has 0 aliphatic rings. The quantitative estimate of drug-likeness (QED) is 0.577. The number of rotatable bonds is 6. The molecule has 0 radical (unpaired) electrons. The molecule has 0 bridgehead atoms. The summed E-state index contributed by atoms with van der Waals surface area (Å²) in [7, 11) is 0. The highest BCUT2D eigenvalue weighted by Gasteiger charge is 2.18. The summed E-state index contributed by atoms with van der Waals surface area (Å²) in [6, 6.07) is 14.1. The highest BCUT2D eigenvalue weighted by atomic mass is 16.3. The Kier molecular flexibility index (Phi) is 7.08. The Morgan fingerprint density at radius 3 is 2.33 bits per heavy atom. The number of carbonyl (C=O) groups is 3. The standard InChI is InChI=1S/C20H23N3O4/c1-13-7-3-4-8-15(13)12-22-18(25)16-9-5-6-10-17(16)23-20(27)19(26)21-11-14(2)24/h3-10,14,24H,11-12H2,1-2H3,(H,21,26)(H,22,25)(H,23,27)/t14-/m1/s1. The van der Waals surface area contributed by atoms with E-state index < -0.39 is 17.9 Å². The Labute approximate surface area is 157 Å². The van der Waals surface area contributed by atoms with Crippen LogP contribution in [0.1, 0.15) is 28.4 Å². The zero-order chi connectivity index (χ0) is 19.8. The lowest BCUT2D eigenvalue weighted by atomic mass is 10.1. The fraction of sp³-hybridized carbons (Fsp3) is 0.250. The van der Waals surface area contributed by atoms with E-state index in [1.165, 1.54) is 6.92 Å². The zero-order valence-electron chi connectivity index (χ0n) is 15.3. The van der Waals surface area contributed by atoms with Crippen LogP contribution < -0.4 is 16.0 Å². The molecule has 0 saturated heterocycles. The molecule has 27 heavy (non-hydrogen) atoms. The molecular formula is C20H23N3O4. The van der Waals surface area contributed by atoms with E-state index in [4.69, 9.17) is 5.11 Å². The molecule has 142 valence electrons. The normalized spacial score (nSPS) is 11.4. The smallest absolute Gasteiger partial charge is 0.313 e. The minimum atomic E-state index is -0.908. The molecule has 0 aliphatic carbocycles. The number of nitrogens with one attached hydrogen (secondary N) is 3. The van der Waals surface area contributed by atoms with Crippen molar-refractivity contribution in [3.05, 3.63) is 65.2 Å². The predicted molar refractivity (Wildman–Crippen MR) is 102 cm³/mol. The number of benzene rings is 2. The van der Waals surface area contributed by atoms with Crippen molar-refractivity contribution in [2.45, 2.75) is 26.5 Å². The molecule has 0 heterocycles. The van der Waals surface area contributed by atoms with Gasteiger partial charge < -0.3 is 21.1 Å². The number of para-hydroxylation sites is 1. The summed E-state index contributed by atoms with van der Waals surface area (Å²) in [4.78, 5) is 36.3. The summed E-state index contributed by atoms with van der Waals surface area (Å²) in [5, 5.41) is 16.7. The summed E-state index contributed by atoms with van der Waals surface area (Å²) in [6.07, 6.45) is -0.763. The molecule has 2 aromatic rings. The van der Waals surface area contributed by atoms with Crippen molar-refractivity contribution in [2.24, 2.45) is 0 Å². The second kappa shape index (κ2) is 9.49. The van der Waals surface area contributed by atoms with Gasteiger partial charge in [0.25, 0.3) is 5.91 Å². The van der Waals surface area contributed by atoms with E-state index >= 15 is 0 Å². The molecule has 0 aliphatic heterocycles. The zero-order valence-corrected chi connectivity index (χ0v) is 15.3. The van der Waals surface area contributed by atoms with Gasteiger partial charge in [-0.25, -0.2) is 0 Å². The first-order valence-electron chi connectivity index (χ1n) is 8.57. The largest absolute Gasteiger partial charge is 0.392 e. The van der Waals surface area contributed by atoms with E-state index in [0.717, 1.165) is 11.1 Å². The van der Waals surface area contributed by atoms with E-state index in [2.05, 4.69) is 16.0 Å². The Hall–Kier alpha value is -3.19. The molecule has 4 N–H and O–H groups in total. The van der Waals surface area contributed by atoms with Gasteiger partial charge in [0.15, 0.2) is 0 Å². The third-order valence-corrected chi connectivity index (χ3v) is 3.88. The first-order chi connectivity index (χ1) is 12.9. The van der Waals surface area contributed by atoms with E-state index in [0.29, 0.717) is 6.54 Å². The maximum absolute atomic E-state index is 12.5. The summed E-state index contributed by atoms with van der Waals surface area (Å²) < 4.78 is 0. The Morgan fingerprint density at radius 1 is 0.963 bits per heavy atom. The third-order valence-electron chi connectivity index (χ3n) is 3.88.